The standard InChI is InChI=1S/C21H22FN3O/c1-24-12-10-20-16(14-24)15-6-2-5-9-19(15)25(20)13-11-21(26)23-18-8-4-3-7-17(18)22/h2-9H,10-14H2,1H3,(H,23,26). The van der Waals surface area contributed by atoms with Crippen molar-refractivity contribution in [3.8, 4) is 0 Å². The van der Waals surface area contributed by atoms with Gasteiger partial charge in [0.05, 0.1) is 5.69 Å². The van der Waals surface area contributed by atoms with Crippen LogP contribution >= 0.6 is 0 Å². The quantitative estimate of drug-likeness (QED) is 0.776. The van der Waals surface area contributed by atoms with Crippen LogP contribution in [0.1, 0.15) is 17.7 Å². The molecule has 26 heavy (non-hydrogen) atoms. The molecule has 2 heterocycles. The van der Waals surface area contributed by atoms with Gasteiger partial charge in [-0.3, -0.25) is 4.79 Å². The summed E-state index contributed by atoms with van der Waals surface area (Å²) in [6.45, 7) is 2.55. The molecule has 0 unspecified atom stereocenters. The van der Waals surface area contributed by atoms with E-state index in [4.69, 9.17) is 0 Å². The second-order valence-electron chi connectivity index (χ2n) is 6.86. The molecule has 134 valence electrons. The maximum Gasteiger partial charge on any atom is 0.226 e. The molecule has 1 aliphatic heterocycles. The van der Waals surface area contributed by atoms with Gasteiger partial charge in [0.1, 0.15) is 5.82 Å². The summed E-state index contributed by atoms with van der Waals surface area (Å²) >= 11 is 0. The summed E-state index contributed by atoms with van der Waals surface area (Å²) in [6.07, 6.45) is 1.30. The smallest absolute Gasteiger partial charge is 0.226 e. The Bertz CT molecular complexity index is 963. The third-order valence-electron chi connectivity index (χ3n) is 5.06. The topological polar surface area (TPSA) is 37.3 Å². The molecule has 4 nitrogen and oxygen atoms in total. The van der Waals surface area contributed by atoms with Crippen LogP contribution in [0.2, 0.25) is 0 Å². The van der Waals surface area contributed by atoms with Gasteiger partial charge in [0.15, 0.2) is 0 Å². The van der Waals surface area contributed by atoms with Crippen LogP contribution in [-0.4, -0.2) is 29.0 Å². The maximum atomic E-state index is 13.7. The van der Waals surface area contributed by atoms with Crippen LogP contribution in [0.25, 0.3) is 10.9 Å². The van der Waals surface area contributed by atoms with E-state index in [0.29, 0.717) is 13.0 Å². The van der Waals surface area contributed by atoms with Gasteiger partial charge in [-0.15, -0.1) is 0 Å². The van der Waals surface area contributed by atoms with Gasteiger partial charge in [-0.1, -0.05) is 30.3 Å². The Morgan fingerprint density at radius 3 is 2.77 bits per heavy atom. The van der Waals surface area contributed by atoms with Crippen molar-refractivity contribution in [2.24, 2.45) is 0 Å². The number of likely N-dealkylation sites (N-methyl/N-ethyl adjacent to an activating group) is 1. The van der Waals surface area contributed by atoms with Crippen LogP contribution in [0.15, 0.2) is 48.5 Å². The number of nitrogens with one attached hydrogen (secondary N) is 1. The summed E-state index contributed by atoms with van der Waals surface area (Å²) in [4.78, 5) is 14.6. The van der Waals surface area contributed by atoms with Crippen LogP contribution in [0.3, 0.4) is 0 Å². The number of halogens is 1. The summed E-state index contributed by atoms with van der Waals surface area (Å²) in [5.74, 6) is -0.581. The van der Waals surface area contributed by atoms with E-state index in [-0.39, 0.29) is 11.6 Å². The number of fused-ring (bicyclic) bond motifs is 3. The van der Waals surface area contributed by atoms with Crippen molar-refractivity contribution in [3.05, 3.63) is 65.6 Å². The highest BCUT2D eigenvalue weighted by Crippen LogP contribution is 2.30. The van der Waals surface area contributed by atoms with Crippen molar-refractivity contribution in [1.82, 2.24) is 9.47 Å². The first-order valence-electron chi connectivity index (χ1n) is 8.95. The van der Waals surface area contributed by atoms with E-state index in [2.05, 4.69) is 40.0 Å². The molecule has 4 rings (SSSR count). The van der Waals surface area contributed by atoms with Gasteiger partial charge in [0.2, 0.25) is 5.91 Å². The molecule has 0 radical (unpaired) electrons. The largest absolute Gasteiger partial charge is 0.344 e. The highest BCUT2D eigenvalue weighted by atomic mass is 19.1. The number of hydrogen-bond donors (Lipinski definition) is 1. The van der Waals surface area contributed by atoms with E-state index >= 15 is 0 Å². The Balaban J connectivity index is 1.56. The third kappa shape index (κ3) is 3.10. The Kier molecular flexibility index (Phi) is 4.47. The average molecular weight is 351 g/mol. The summed E-state index contributed by atoms with van der Waals surface area (Å²) in [5.41, 5.74) is 4.09. The Hall–Kier alpha value is -2.66. The number of benzene rings is 2. The lowest BCUT2D eigenvalue weighted by molar-refractivity contribution is -0.116. The average Bonchev–Trinajstić information content (AvgIpc) is 2.95. The predicted octanol–water partition coefficient (Wildman–Crippen LogP) is 3.80. The summed E-state index contributed by atoms with van der Waals surface area (Å²) < 4.78 is 16.0. The first-order chi connectivity index (χ1) is 12.6. The SMILES string of the molecule is CN1CCc2c(c3ccccc3n2CCC(=O)Nc2ccccc2F)C1. The molecule has 0 saturated heterocycles. The highest BCUT2D eigenvalue weighted by Gasteiger charge is 2.22. The minimum atomic E-state index is -0.410. The van der Waals surface area contributed by atoms with Crippen molar-refractivity contribution in [2.45, 2.75) is 25.9 Å². The number of nitrogens with zero attached hydrogens (tertiary/aromatic N) is 2. The fourth-order valence-electron chi connectivity index (χ4n) is 3.78. The number of aromatic nitrogens is 1. The molecule has 3 aromatic rings. The lowest BCUT2D eigenvalue weighted by Crippen LogP contribution is -2.27. The number of amides is 1. The van der Waals surface area contributed by atoms with Crippen molar-refractivity contribution in [2.75, 3.05) is 18.9 Å². The fraction of sp³-hybridized carbons (Fsp3) is 0.286. The van der Waals surface area contributed by atoms with Gasteiger partial charge in [-0.25, -0.2) is 4.39 Å². The molecule has 0 spiro atoms. The van der Waals surface area contributed by atoms with Crippen molar-refractivity contribution in [3.63, 3.8) is 0 Å². The molecule has 2 aromatic carbocycles. The second kappa shape index (κ2) is 6.92. The van der Waals surface area contributed by atoms with Gasteiger partial charge in [-0.05, 0) is 30.8 Å². The number of para-hydroxylation sites is 2. The zero-order valence-electron chi connectivity index (χ0n) is 14.8. The van der Waals surface area contributed by atoms with Gasteiger partial charge in [0.25, 0.3) is 0 Å². The van der Waals surface area contributed by atoms with E-state index in [1.807, 2.05) is 6.07 Å². The number of aryl methyl sites for hydroxylation is 1. The monoisotopic (exact) mass is 351 g/mol. The van der Waals surface area contributed by atoms with Gasteiger partial charge in [-0.2, -0.15) is 0 Å². The van der Waals surface area contributed by atoms with Crippen molar-refractivity contribution < 1.29 is 9.18 Å². The number of anilines is 1. The van der Waals surface area contributed by atoms with Crippen molar-refractivity contribution in [1.29, 1.82) is 0 Å². The summed E-state index contributed by atoms with van der Waals surface area (Å²) in [7, 11) is 2.14. The Labute approximate surface area is 152 Å². The van der Waals surface area contributed by atoms with Crippen LogP contribution in [0, 0.1) is 5.82 Å². The Morgan fingerprint density at radius 2 is 1.92 bits per heavy atom. The molecule has 1 aromatic heterocycles. The van der Waals surface area contributed by atoms with E-state index < -0.39 is 5.82 Å². The van der Waals surface area contributed by atoms with Gasteiger partial charge in [0, 0.05) is 49.1 Å². The van der Waals surface area contributed by atoms with Gasteiger partial charge >= 0.3 is 0 Å². The predicted molar refractivity (Wildman–Crippen MR) is 102 cm³/mol. The number of rotatable bonds is 4. The first kappa shape index (κ1) is 16.8. The zero-order chi connectivity index (χ0) is 18.1. The lowest BCUT2D eigenvalue weighted by atomic mass is 10.1. The summed E-state index contributed by atoms with van der Waals surface area (Å²) in [5, 5.41) is 3.94. The van der Waals surface area contributed by atoms with E-state index in [1.165, 1.54) is 28.2 Å². The highest BCUT2D eigenvalue weighted by molar-refractivity contribution is 5.91. The zero-order valence-corrected chi connectivity index (χ0v) is 14.8. The number of carbonyl (C=O) groups excluding carboxylic acids is 1. The van der Waals surface area contributed by atoms with Crippen LogP contribution < -0.4 is 5.32 Å². The van der Waals surface area contributed by atoms with E-state index in [1.54, 1.807) is 18.2 Å². The first-order valence-corrected chi connectivity index (χ1v) is 8.95. The normalized spacial score (nSPS) is 14.4. The second-order valence-corrected chi connectivity index (χ2v) is 6.86. The van der Waals surface area contributed by atoms with Crippen LogP contribution in [-0.2, 0) is 24.3 Å². The van der Waals surface area contributed by atoms with Gasteiger partial charge < -0.3 is 14.8 Å². The molecule has 0 fully saturated rings. The number of hydrogen-bond acceptors (Lipinski definition) is 2. The van der Waals surface area contributed by atoms with Crippen molar-refractivity contribution >= 4 is 22.5 Å². The molecule has 1 amide bonds. The Morgan fingerprint density at radius 1 is 1.15 bits per heavy atom. The third-order valence-corrected chi connectivity index (χ3v) is 5.06. The maximum absolute atomic E-state index is 13.7. The molecular weight excluding hydrogens is 329 g/mol. The molecule has 5 heteroatoms. The number of carbonyl (C=O) groups is 1. The molecule has 1 aliphatic rings. The molecule has 0 atom stereocenters. The molecule has 0 aliphatic carbocycles. The van der Waals surface area contributed by atoms with E-state index in [9.17, 15) is 9.18 Å². The summed E-state index contributed by atoms with van der Waals surface area (Å²) in [6, 6.07) is 14.6. The van der Waals surface area contributed by atoms with Crippen LogP contribution in [0.5, 0.6) is 0 Å². The fourth-order valence-corrected chi connectivity index (χ4v) is 3.78. The molecule has 0 bridgehead atoms. The minimum absolute atomic E-state index is 0.172. The molecule has 0 saturated carbocycles. The van der Waals surface area contributed by atoms with E-state index in [0.717, 1.165) is 19.5 Å². The van der Waals surface area contributed by atoms with Crippen LogP contribution in [0.4, 0.5) is 10.1 Å². The minimum Gasteiger partial charge on any atom is -0.344 e. The lowest BCUT2D eigenvalue weighted by Gasteiger charge is -2.24. The molecular formula is C21H22FN3O. The molecule has 1 N–H and O–H groups in total.